The molecule has 2 aromatic heterocycles. The molecule has 3 rings (SSSR count). The molecular formula is C8H6N2O2Si. The molecule has 0 saturated carbocycles. The largest absolute Gasteiger partial charge is 0.512 e. The summed E-state index contributed by atoms with van der Waals surface area (Å²) in [6, 6.07) is 5.76. The summed E-state index contributed by atoms with van der Waals surface area (Å²) < 4.78 is 10.6. The highest BCUT2D eigenvalue weighted by Crippen LogP contribution is 2.31. The summed E-state index contributed by atoms with van der Waals surface area (Å²) in [6.45, 7) is 0. The molecule has 13 heavy (non-hydrogen) atoms. The average molecular weight is 190 g/mol. The number of fused-ring (bicyclic) bond motifs is 2. The van der Waals surface area contributed by atoms with E-state index in [0.717, 1.165) is 11.1 Å². The van der Waals surface area contributed by atoms with Gasteiger partial charge in [-0.3, -0.25) is 0 Å². The summed E-state index contributed by atoms with van der Waals surface area (Å²) >= 11 is 0. The molecule has 3 heterocycles. The Morgan fingerprint density at radius 3 is 3.31 bits per heavy atom. The fourth-order valence-electron chi connectivity index (χ4n) is 1.33. The van der Waals surface area contributed by atoms with E-state index in [-0.39, 0.29) is 0 Å². The van der Waals surface area contributed by atoms with Crippen molar-refractivity contribution in [2.75, 3.05) is 0 Å². The molecule has 0 N–H and O–H groups in total. The Morgan fingerprint density at radius 2 is 2.31 bits per heavy atom. The fourth-order valence-corrected chi connectivity index (χ4v) is 2.04. The summed E-state index contributed by atoms with van der Waals surface area (Å²) in [4.78, 5) is 8.36. The van der Waals surface area contributed by atoms with Crippen LogP contribution in [0, 0.1) is 0 Å². The van der Waals surface area contributed by atoms with Crippen molar-refractivity contribution in [3.05, 3.63) is 24.4 Å². The number of hydrogen-bond acceptors (Lipinski definition) is 4. The van der Waals surface area contributed by atoms with E-state index in [4.69, 9.17) is 8.85 Å². The lowest BCUT2D eigenvalue weighted by Crippen LogP contribution is -2.00. The molecule has 0 amide bonds. The first kappa shape index (κ1) is 6.85. The van der Waals surface area contributed by atoms with Gasteiger partial charge in [0.1, 0.15) is 0 Å². The van der Waals surface area contributed by atoms with E-state index in [1.165, 1.54) is 0 Å². The van der Waals surface area contributed by atoms with Crippen molar-refractivity contribution < 1.29 is 8.85 Å². The van der Waals surface area contributed by atoms with Gasteiger partial charge >= 0.3 is 10.0 Å². The molecule has 1 aliphatic heterocycles. The van der Waals surface area contributed by atoms with E-state index < -0.39 is 10.0 Å². The third-order valence-corrected chi connectivity index (χ3v) is 2.75. The summed E-state index contributed by atoms with van der Waals surface area (Å²) in [5, 5.41) is 0.987. The van der Waals surface area contributed by atoms with Crippen LogP contribution in [0.4, 0.5) is 0 Å². The third kappa shape index (κ3) is 0.972. The molecule has 0 spiro atoms. The zero-order chi connectivity index (χ0) is 8.67. The smallest absolute Gasteiger partial charge is 0.429 e. The fraction of sp³-hybridized carbons (Fsp3) is 0. The van der Waals surface area contributed by atoms with Crippen LogP contribution in [0.25, 0.3) is 11.0 Å². The van der Waals surface area contributed by atoms with Gasteiger partial charge in [0.25, 0.3) is 0 Å². The topological polar surface area (TPSA) is 44.2 Å². The van der Waals surface area contributed by atoms with Crippen molar-refractivity contribution in [3.63, 3.8) is 0 Å². The van der Waals surface area contributed by atoms with Gasteiger partial charge in [-0.05, 0) is 18.2 Å². The molecule has 0 fully saturated rings. The van der Waals surface area contributed by atoms with Crippen molar-refractivity contribution in [2.45, 2.75) is 0 Å². The molecule has 0 aliphatic carbocycles. The van der Waals surface area contributed by atoms with Crippen LogP contribution < -0.4 is 8.85 Å². The number of hydrogen-bond donors (Lipinski definition) is 0. The average Bonchev–Trinajstić information content (AvgIpc) is 2.61. The van der Waals surface area contributed by atoms with Gasteiger partial charge in [0.2, 0.25) is 5.88 Å². The van der Waals surface area contributed by atoms with Gasteiger partial charge in [-0.25, -0.2) is 4.98 Å². The zero-order valence-electron chi connectivity index (χ0n) is 6.73. The van der Waals surface area contributed by atoms with E-state index in [2.05, 4.69) is 9.97 Å². The third-order valence-electron chi connectivity index (χ3n) is 1.93. The molecule has 0 bridgehead atoms. The highest BCUT2D eigenvalue weighted by atomic mass is 28.3. The standard InChI is InChI=1S/C8H6N2O2Si/c1-2-5-4-6-8(12-13-11-6)10-7(5)9-3-1/h1-4H,13H2. The van der Waals surface area contributed by atoms with Crippen molar-refractivity contribution >= 4 is 21.0 Å². The first-order valence-corrected chi connectivity index (χ1v) is 5.10. The second kappa shape index (κ2) is 2.43. The minimum atomic E-state index is -0.876. The van der Waals surface area contributed by atoms with Crippen LogP contribution in [-0.2, 0) is 0 Å². The van der Waals surface area contributed by atoms with Gasteiger partial charge in [0, 0.05) is 11.6 Å². The molecule has 0 radical (unpaired) electrons. The number of pyridine rings is 2. The molecule has 0 atom stereocenters. The van der Waals surface area contributed by atoms with Crippen LogP contribution in [0.5, 0.6) is 11.6 Å². The van der Waals surface area contributed by atoms with E-state index in [9.17, 15) is 0 Å². The maximum Gasteiger partial charge on any atom is 0.429 e. The number of aromatic nitrogens is 2. The lowest BCUT2D eigenvalue weighted by atomic mass is 10.3. The van der Waals surface area contributed by atoms with Crippen LogP contribution >= 0.6 is 0 Å². The van der Waals surface area contributed by atoms with Crippen LogP contribution in [0.3, 0.4) is 0 Å². The molecule has 0 unspecified atom stereocenters. The normalized spacial score (nSPS) is 15.4. The Bertz CT molecular complexity index is 432. The van der Waals surface area contributed by atoms with Gasteiger partial charge in [-0.1, -0.05) is 0 Å². The predicted octanol–water partition coefficient (Wildman–Crippen LogP) is 0.400. The van der Waals surface area contributed by atoms with Crippen LogP contribution in [0.15, 0.2) is 24.4 Å². The SMILES string of the molecule is c1cnc2nc3c(cc2c1)O[SiH2]O3. The van der Waals surface area contributed by atoms with Gasteiger partial charge in [0.05, 0.1) is 0 Å². The Hall–Kier alpha value is -1.62. The molecule has 4 nitrogen and oxygen atoms in total. The van der Waals surface area contributed by atoms with E-state index in [1.807, 2.05) is 18.2 Å². The van der Waals surface area contributed by atoms with Crippen molar-refractivity contribution in [3.8, 4) is 11.6 Å². The first-order valence-electron chi connectivity index (χ1n) is 3.95. The van der Waals surface area contributed by atoms with Crippen LogP contribution in [-0.4, -0.2) is 20.0 Å². The Labute approximate surface area is 76.6 Å². The second-order valence-electron chi connectivity index (χ2n) is 2.75. The molecule has 2 aromatic rings. The molecular weight excluding hydrogens is 184 g/mol. The Kier molecular flexibility index (Phi) is 1.28. The van der Waals surface area contributed by atoms with E-state index in [1.54, 1.807) is 6.20 Å². The Morgan fingerprint density at radius 1 is 1.31 bits per heavy atom. The minimum absolute atomic E-state index is 0.595. The summed E-state index contributed by atoms with van der Waals surface area (Å²) in [5.41, 5.74) is 0.709. The minimum Gasteiger partial charge on any atom is -0.512 e. The second-order valence-corrected chi connectivity index (χ2v) is 3.56. The van der Waals surface area contributed by atoms with Crippen LogP contribution in [0.1, 0.15) is 0 Å². The highest BCUT2D eigenvalue weighted by molar-refractivity contribution is 6.22. The van der Waals surface area contributed by atoms with E-state index in [0.29, 0.717) is 11.5 Å². The quantitative estimate of drug-likeness (QED) is 0.564. The Balaban J connectivity index is 2.36. The molecule has 0 aromatic carbocycles. The summed E-state index contributed by atoms with van der Waals surface area (Å²) in [5.74, 6) is 1.35. The van der Waals surface area contributed by atoms with Crippen molar-refractivity contribution in [2.24, 2.45) is 0 Å². The predicted molar refractivity (Wildman–Crippen MR) is 49.3 cm³/mol. The van der Waals surface area contributed by atoms with Crippen LogP contribution in [0.2, 0.25) is 0 Å². The molecule has 5 heteroatoms. The molecule has 0 saturated heterocycles. The molecule has 1 aliphatic rings. The monoisotopic (exact) mass is 190 g/mol. The lowest BCUT2D eigenvalue weighted by molar-refractivity contribution is 0.535. The number of rotatable bonds is 0. The zero-order valence-corrected chi connectivity index (χ0v) is 8.14. The van der Waals surface area contributed by atoms with Gasteiger partial charge in [-0.2, -0.15) is 4.98 Å². The van der Waals surface area contributed by atoms with Gasteiger partial charge in [0.15, 0.2) is 11.4 Å². The highest BCUT2D eigenvalue weighted by Gasteiger charge is 2.15. The molecule has 64 valence electrons. The lowest BCUT2D eigenvalue weighted by Gasteiger charge is -1.98. The number of nitrogens with zero attached hydrogens (tertiary/aromatic N) is 2. The summed E-state index contributed by atoms with van der Waals surface area (Å²) in [7, 11) is -0.876. The van der Waals surface area contributed by atoms with Gasteiger partial charge < -0.3 is 8.85 Å². The van der Waals surface area contributed by atoms with E-state index >= 15 is 0 Å². The first-order chi connectivity index (χ1) is 6.43. The van der Waals surface area contributed by atoms with Gasteiger partial charge in [-0.15, -0.1) is 0 Å². The maximum atomic E-state index is 5.33. The maximum absolute atomic E-state index is 5.33. The van der Waals surface area contributed by atoms with Crippen molar-refractivity contribution in [1.82, 2.24) is 9.97 Å². The van der Waals surface area contributed by atoms with Crippen molar-refractivity contribution in [1.29, 1.82) is 0 Å². The summed E-state index contributed by atoms with van der Waals surface area (Å²) in [6.07, 6.45) is 1.72.